The number of anilines is 2. The molecule has 2 amide bonds. The zero-order valence-electron chi connectivity index (χ0n) is 17.3. The lowest BCUT2D eigenvalue weighted by Crippen LogP contribution is -2.24. The summed E-state index contributed by atoms with van der Waals surface area (Å²) in [5.74, 6) is 0.669. The summed E-state index contributed by atoms with van der Waals surface area (Å²) in [5, 5.41) is 6.32. The molecule has 0 spiro atoms. The number of amides is 2. The first kappa shape index (κ1) is 20.9. The number of rotatable bonds is 6. The second-order valence-corrected chi connectivity index (χ2v) is 8.26. The molecule has 0 radical (unpaired) electrons. The third kappa shape index (κ3) is 4.69. The van der Waals surface area contributed by atoms with Gasteiger partial charge >= 0.3 is 0 Å². The van der Waals surface area contributed by atoms with Crippen molar-refractivity contribution < 1.29 is 19.1 Å². The van der Waals surface area contributed by atoms with E-state index in [4.69, 9.17) is 9.47 Å². The second-order valence-electron chi connectivity index (χ2n) is 7.18. The molecule has 2 N–H and O–H groups in total. The van der Waals surface area contributed by atoms with Crippen molar-refractivity contribution in [2.45, 2.75) is 25.2 Å². The molecule has 1 heterocycles. The summed E-state index contributed by atoms with van der Waals surface area (Å²) in [6.07, 6.45) is 2.48. The third-order valence-corrected chi connectivity index (χ3v) is 6.23. The van der Waals surface area contributed by atoms with Crippen LogP contribution in [0.25, 0.3) is 0 Å². The van der Waals surface area contributed by atoms with Crippen molar-refractivity contribution in [2.24, 2.45) is 0 Å². The predicted octanol–water partition coefficient (Wildman–Crippen LogP) is 4.47. The van der Waals surface area contributed by atoms with Gasteiger partial charge in [0.15, 0.2) is 5.13 Å². The number of methoxy groups -OCH3 is 2. The fourth-order valence-electron chi connectivity index (χ4n) is 3.57. The minimum atomic E-state index is -0.349. The standard InChI is InChI=1S/C23H23N3O4S/c1-29-16-11-9-14(10-12-16)21(27)26-23-25-20-18(7-4-8-19(20)31-23)22(28)24-15-5-3-6-17(13-15)30-2/h3,5-6,9-13,18H,4,7-8H2,1-2H3,(H,24,28)(H,25,26,27). The molecule has 0 aliphatic heterocycles. The average Bonchev–Trinajstić information content (AvgIpc) is 3.21. The Balaban J connectivity index is 1.48. The van der Waals surface area contributed by atoms with Gasteiger partial charge in [0.05, 0.1) is 25.8 Å². The maximum absolute atomic E-state index is 13.0. The van der Waals surface area contributed by atoms with Crippen LogP contribution in [0, 0.1) is 0 Å². The van der Waals surface area contributed by atoms with E-state index in [1.165, 1.54) is 11.3 Å². The highest BCUT2D eigenvalue weighted by molar-refractivity contribution is 7.16. The molecule has 31 heavy (non-hydrogen) atoms. The van der Waals surface area contributed by atoms with E-state index in [-0.39, 0.29) is 17.7 Å². The van der Waals surface area contributed by atoms with E-state index >= 15 is 0 Å². The molecule has 4 rings (SSSR count). The summed E-state index contributed by atoms with van der Waals surface area (Å²) in [6.45, 7) is 0. The SMILES string of the molecule is COc1ccc(C(=O)Nc2nc3c(s2)CCCC3C(=O)Nc2cccc(OC)c2)cc1. The number of aryl methyl sites for hydroxylation is 1. The molecular weight excluding hydrogens is 414 g/mol. The summed E-state index contributed by atoms with van der Waals surface area (Å²) in [6, 6.07) is 14.1. The van der Waals surface area contributed by atoms with Gasteiger partial charge in [-0.15, -0.1) is 11.3 Å². The van der Waals surface area contributed by atoms with Crippen LogP contribution < -0.4 is 20.1 Å². The smallest absolute Gasteiger partial charge is 0.257 e. The van der Waals surface area contributed by atoms with Crippen molar-refractivity contribution in [3.8, 4) is 11.5 Å². The van der Waals surface area contributed by atoms with Crippen LogP contribution in [0.3, 0.4) is 0 Å². The van der Waals surface area contributed by atoms with Gasteiger partial charge in [-0.25, -0.2) is 4.98 Å². The number of carbonyl (C=O) groups is 2. The van der Waals surface area contributed by atoms with Crippen LogP contribution in [0.15, 0.2) is 48.5 Å². The van der Waals surface area contributed by atoms with E-state index in [1.807, 2.05) is 18.2 Å². The molecule has 3 aromatic rings. The predicted molar refractivity (Wildman–Crippen MR) is 120 cm³/mol. The molecule has 1 atom stereocenters. The number of ether oxygens (including phenoxy) is 2. The van der Waals surface area contributed by atoms with E-state index in [0.29, 0.717) is 27.9 Å². The second kappa shape index (κ2) is 9.18. The fraction of sp³-hybridized carbons (Fsp3) is 0.261. The van der Waals surface area contributed by atoms with Crippen LogP contribution in [-0.2, 0) is 11.2 Å². The molecule has 160 valence electrons. The molecule has 8 heteroatoms. The van der Waals surface area contributed by atoms with Gasteiger partial charge in [0.1, 0.15) is 11.5 Å². The maximum atomic E-state index is 13.0. The first-order chi connectivity index (χ1) is 15.1. The van der Waals surface area contributed by atoms with Crippen molar-refractivity contribution in [1.29, 1.82) is 0 Å². The normalized spacial score (nSPS) is 15.0. The van der Waals surface area contributed by atoms with Crippen molar-refractivity contribution in [3.63, 3.8) is 0 Å². The Kier molecular flexibility index (Phi) is 6.18. The van der Waals surface area contributed by atoms with Crippen LogP contribution in [-0.4, -0.2) is 31.0 Å². The quantitative estimate of drug-likeness (QED) is 0.594. The maximum Gasteiger partial charge on any atom is 0.257 e. The monoisotopic (exact) mass is 437 g/mol. The number of aromatic nitrogens is 1. The largest absolute Gasteiger partial charge is 0.497 e. The van der Waals surface area contributed by atoms with Crippen LogP contribution in [0.2, 0.25) is 0 Å². The molecule has 0 bridgehead atoms. The summed E-state index contributed by atoms with van der Waals surface area (Å²) in [4.78, 5) is 31.2. The van der Waals surface area contributed by atoms with Gasteiger partial charge in [-0.05, 0) is 55.7 Å². The summed E-state index contributed by atoms with van der Waals surface area (Å²) >= 11 is 1.43. The van der Waals surface area contributed by atoms with Crippen molar-refractivity contribution in [2.75, 3.05) is 24.9 Å². The molecule has 0 saturated carbocycles. The Morgan fingerprint density at radius 2 is 1.81 bits per heavy atom. The topological polar surface area (TPSA) is 89.5 Å². The first-order valence-electron chi connectivity index (χ1n) is 9.97. The molecule has 0 fully saturated rings. The van der Waals surface area contributed by atoms with E-state index in [2.05, 4.69) is 15.6 Å². The highest BCUT2D eigenvalue weighted by Crippen LogP contribution is 2.37. The molecule has 2 aromatic carbocycles. The highest BCUT2D eigenvalue weighted by Gasteiger charge is 2.30. The summed E-state index contributed by atoms with van der Waals surface area (Å²) in [5.41, 5.74) is 1.95. The van der Waals surface area contributed by atoms with Crippen LogP contribution in [0.4, 0.5) is 10.8 Å². The lowest BCUT2D eigenvalue weighted by atomic mass is 9.90. The summed E-state index contributed by atoms with van der Waals surface area (Å²) < 4.78 is 10.3. The molecule has 1 aliphatic rings. The van der Waals surface area contributed by atoms with Gasteiger partial charge in [0, 0.05) is 22.2 Å². The minimum Gasteiger partial charge on any atom is -0.497 e. The van der Waals surface area contributed by atoms with Gasteiger partial charge in [-0.2, -0.15) is 0 Å². The fourth-order valence-corrected chi connectivity index (χ4v) is 4.63. The van der Waals surface area contributed by atoms with Gasteiger partial charge in [-0.1, -0.05) is 6.07 Å². The van der Waals surface area contributed by atoms with Gasteiger partial charge in [-0.3, -0.25) is 14.9 Å². The van der Waals surface area contributed by atoms with Gasteiger partial charge in [0.25, 0.3) is 5.91 Å². The third-order valence-electron chi connectivity index (χ3n) is 5.18. The molecule has 1 unspecified atom stereocenters. The molecule has 7 nitrogen and oxygen atoms in total. The van der Waals surface area contributed by atoms with Crippen LogP contribution >= 0.6 is 11.3 Å². The average molecular weight is 438 g/mol. The van der Waals surface area contributed by atoms with Crippen LogP contribution in [0.1, 0.15) is 39.7 Å². The minimum absolute atomic E-state index is 0.104. The number of nitrogens with one attached hydrogen (secondary N) is 2. The Hall–Kier alpha value is -3.39. The number of benzene rings is 2. The van der Waals surface area contributed by atoms with Crippen molar-refractivity contribution in [3.05, 3.63) is 64.7 Å². The molecular formula is C23H23N3O4S. The molecule has 1 aromatic heterocycles. The van der Waals surface area contributed by atoms with Crippen LogP contribution in [0.5, 0.6) is 11.5 Å². The van der Waals surface area contributed by atoms with E-state index < -0.39 is 0 Å². The van der Waals surface area contributed by atoms with E-state index in [1.54, 1.807) is 44.6 Å². The summed E-state index contributed by atoms with van der Waals surface area (Å²) in [7, 11) is 3.17. The Morgan fingerprint density at radius 3 is 2.55 bits per heavy atom. The number of hydrogen-bond acceptors (Lipinski definition) is 6. The lowest BCUT2D eigenvalue weighted by Gasteiger charge is -2.20. The van der Waals surface area contributed by atoms with Gasteiger partial charge in [0.2, 0.25) is 5.91 Å². The number of hydrogen-bond donors (Lipinski definition) is 2. The number of nitrogens with zero attached hydrogens (tertiary/aromatic N) is 1. The molecule has 0 saturated heterocycles. The number of thiazole rings is 1. The highest BCUT2D eigenvalue weighted by atomic mass is 32.1. The van der Waals surface area contributed by atoms with E-state index in [0.717, 1.165) is 29.8 Å². The zero-order chi connectivity index (χ0) is 21.8. The zero-order valence-corrected chi connectivity index (χ0v) is 18.1. The number of fused-ring (bicyclic) bond motifs is 1. The lowest BCUT2D eigenvalue weighted by molar-refractivity contribution is -0.117. The van der Waals surface area contributed by atoms with Gasteiger partial charge < -0.3 is 14.8 Å². The van der Waals surface area contributed by atoms with Crippen molar-refractivity contribution in [1.82, 2.24) is 4.98 Å². The molecule has 1 aliphatic carbocycles. The Morgan fingerprint density at radius 1 is 1.03 bits per heavy atom. The number of carbonyl (C=O) groups excluding carboxylic acids is 2. The Labute approximate surface area is 184 Å². The Bertz CT molecular complexity index is 1090. The van der Waals surface area contributed by atoms with Crippen molar-refractivity contribution >= 4 is 34.0 Å². The van der Waals surface area contributed by atoms with E-state index in [9.17, 15) is 9.59 Å². The first-order valence-corrected chi connectivity index (χ1v) is 10.8.